The molecule has 0 bridgehead atoms. The normalized spacial score (nSPS) is 14.9. The van der Waals surface area contributed by atoms with Crippen molar-refractivity contribution in [3.63, 3.8) is 0 Å². The van der Waals surface area contributed by atoms with Crippen LogP contribution in [0.25, 0.3) is 0 Å². The van der Waals surface area contributed by atoms with Gasteiger partial charge in [0.05, 0.1) is 16.1 Å². The van der Waals surface area contributed by atoms with Crippen LogP contribution in [0.15, 0.2) is 29.1 Å². The Labute approximate surface area is 147 Å². The maximum atomic E-state index is 12.5. The second-order valence-corrected chi connectivity index (χ2v) is 6.64. The number of amides is 2. The highest BCUT2D eigenvalue weighted by molar-refractivity contribution is 7.07. The molecule has 0 unspecified atom stereocenters. The van der Waals surface area contributed by atoms with Crippen LogP contribution in [0.3, 0.4) is 0 Å². The van der Waals surface area contributed by atoms with E-state index >= 15 is 0 Å². The first-order valence-corrected chi connectivity index (χ1v) is 8.68. The number of rotatable bonds is 2. The van der Waals surface area contributed by atoms with Crippen LogP contribution in [-0.4, -0.2) is 52.8 Å². The van der Waals surface area contributed by atoms with Crippen LogP contribution in [0, 0.1) is 0 Å². The van der Waals surface area contributed by atoms with E-state index in [0.29, 0.717) is 47.5 Å². The lowest BCUT2D eigenvalue weighted by atomic mass is 10.1. The highest BCUT2D eigenvalue weighted by Gasteiger charge is 2.27. The molecule has 8 heteroatoms. The quantitative estimate of drug-likeness (QED) is 0.817. The predicted molar refractivity (Wildman–Crippen MR) is 90.4 cm³/mol. The monoisotopic (exact) mass is 369 g/mol. The number of carbonyl (C=O) groups excluding carboxylic acids is 2. The fourth-order valence-electron chi connectivity index (χ4n) is 2.43. The lowest BCUT2D eigenvalue weighted by Gasteiger charge is -2.34. The summed E-state index contributed by atoms with van der Waals surface area (Å²) in [7, 11) is 0. The maximum absolute atomic E-state index is 12.5. The Kier molecular flexibility index (Phi) is 4.84. The average Bonchev–Trinajstić information content (AvgIpc) is 3.08. The number of benzene rings is 1. The first-order chi connectivity index (χ1) is 11.1. The smallest absolute Gasteiger partial charge is 0.273 e. The summed E-state index contributed by atoms with van der Waals surface area (Å²) in [5.74, 6) is -0.240. The number of piperazine rings is 1. The molecule has 0 atom stereocenters. The molecule has 0 aliphatic carbocycles. The van der Waals surface area contributed by atoms with Gasteiger partial charge in [0.25, 0.3) is 11.8 Å². The van der Waals surface area contributed by atoms with E-state index in [4.69, 9.17) is 23.2 Å². The Morgan fingerprint density at radius 1 is 1.04 bits per heavy atom. The molecule has 0 saturated carbocycles. The molecule has 0 radical (unpaired) electrons. The standard InChI is InChI=1S/C15H13Cl2N3O2S/c16-10-1-2-11(12(17)7-10)14(21)19-3-5-20(6-4-19)15(22)13-8-23-9-18-13/h1-2,7-9H,3-6H2. The lowest BCUT2D eigenvalue weighted by molar-refractivity contribution is 0.0533. The van der Waals surface area contributed by atoms with Crippen LogP contribution in [0.4, 0.5) is 0 Å². The second kappa shape index (κ2) is 6.86. The fraction of sp³-hybridized carbons (Fsp3) is 0.267. The van der Waals surface area contributed by atoms with E-state index in [0.717, 1.165) is 0 Å². The van der Waals surface area contributed by atoms with Crippen molar-refractivity contribution < 1.29 is 9.59 Å². The van der Waals surface area contributed by atoms with Gasteiger partial charge in [0, 0.05) is 36.6 Å². The minimum atomic E-state index is -0.146. The van der Waals surface area contributed by atoms with Crippen molar-refractivity contribution in [2.24, 2.45) is 0 Å². The molecule has 1 saturated heterocycles. The first-order valence-electron chi connectivity index (χ1n) is 6.98. The Morgan fingerprint density at radius 2 is 1.70 bits per heavy atom. The van der Waals surface area contributed by atoms with Crippen LogP contribution in [0.1, 0.15) is 20.8 Å². The molecule has 3 rings (SSSR count). The summed E-state index contributed by atoms with van der Waals surface area (Å²) in [4.78, 5) is 32.2. The Hall–Kier alpha value is -1.63. The van der Waals surface area contributed by atoms with Gasteiger partial charge in [0.1, 0.15) is 5.69 Å². The van der Waals surface area contributed by atoms with E-state index in [1.807, 2.05) is 0 Å². The number of hydrogen-bond donors (Lipinski definition) is 0. The summed E-state index contributed by atoms with van der Waals surface area (Å²) in [5, 5.41) is 2.56. The van der Waals surface area contributed by atoms with Crippen LogP contribution in [0.2, 0.25) is 10.0 Å². The molecular weight excluding hydrogens is 357 g/mol. The minimum Gasteiger partial charge on any atom is -0.335 e. The van der Waals surface area contributed by atoms with Crippen LogP contribution >= 0.6 is 34.5 Å². The van der Waals surface area contributed by atoms with Gasteiger partial charge in [0.2, 0.25) is 0 Å². The topological polar surface area (TPSA) is 53.5 Å². The van der Waals surface area contributed by atoms with Gasteiger partial charge in [-0.15, -0.1) is 11.3 Å². The second-order valence-electron chi connectivity index (χ2n) is 5.08. The molecule has 120 valence electrons. The van der Waals surface area contributed by atoms with E-state index in [1.54, 1.807) is 38.9 Å². The third kappa shape index (κ3) is 3.49. The van der Waals surface area contributed by atoms with E-state index in [-0.39, 0.29) is 11.8 Å². The molecule has 2 amide bonds. The summed E-state index contributed by atoms with van der Waals surface area (Å²) in [5.41, 5.74) is 2.51. The van der Waals surface area contributed by atoms with Crippen LogP contribution < -0.4 is 0 Å². The number of hydrogen-bond acceptors (Lipinski definition) is 4. The number of carbonyl (C=O) groups is 2. The molecule has 1 fully saturated rings. The largest absolute Gasteiger partial charge is 0.335 e. The predicted octanol–water partition coefficient (Wildman–Crippen LogP) is 3.05. The minimum absolute atomic E-state index is 0.0946. The van der Waals surface area contributed by atoms with E-state index in [2.05, 4.69) is 4.98 Å². The van der Waals surface area contributed by atoms with Gasteiger partial charge in [-0.3, -0.25) is 9.59 Å². The molecule has 5 nitrogen and oxygen atoms in total. The summed E-state index contributed by atoms with van der Waals surface area (Å²) in [6.07, 6.45) is 0. The van der Waals surface area contributed by atoms with Gasteiger partial charge >= 0.3 is 0 Å². The van der Waals surface area contributed by atoms with Crippen molar-refractivity contribution in [1.29, 1.82) is 0 Å². The lowest BCUT2D eigenvalue weighted by Crippen LogP contribution is -2.50. The van der Waals surface area contributed by atoms with E-state index < -0.39 is 0 Å². The molecule has 0 N–H and O–H groups in total. The summed E-state index contributed by atoms with van der Waals surface area (Å²) >= 11 is 13.3. The number of aromatic nitrogens is 1. The molecule has 2 heterocycles. The van der Waals surface area contributed by atoms with Gasteiger partial charge < -0.3 is 9.80 Å². The Balaban J connectivity index is 1.64. The zero-order chi connectivity index (χ0) is 16.4. The summed E-state index contributed by atoms with van der Waals surface area (Å²) < 4.78 is 0. The fourth-order valence-corrected chi connectivity index (χ4v) is 3.44. The van der Waals surface area contributed by atoms with Gasteiger partial charge in [-0.2, -0.15) is 0 Å². The van der Waals surface area contributed by atoms with Crippen LogP contribution in [0.5, 0.6) is 0 Å². The number of thiazole rings is 1. The number of halogens is 2. The third-order valence-corrected chi connectivity index (χ3v) is 4.80. The molecule has 23 heavy (non-hydrogen) atoms. The van der Waals surface area contributed by atoms with Gasteiger partial charge in [-0.1, -0.05) is 23.2 Å². The van der Waals surface area contributed by atoms with Crippen molar-refractivity contribution in [2.75, 3.05) is 26.2 Å². The Bertz CT molecular complexity index is 728. The van der Waals surface area contributed by atoms with Crippen molar-refractivity contribution in [3.05, 3.63) is 50.4 Å². The van der Waals surface area contributed by atoms with Crippen LogP contribution in [-0.2, 0) is 0 Å². The zero-order valence-corrected chi connectivity index (χ0v) is 14.4. The molecule has 2 aromatic rings. The SMILES string of the molecule is O=C(c1cscn1)N1CCN(C(=O)c2ccc(Cl)cc2Cl)CC1. The Morgan fingerprint density at radius 3 is 2.26 bits per heavy atom. The van der Waals surface area contributed by atoms with Gasteiger partial charge in [-0.05, 0) is 18.2 Å². The van der Waals surface area contributed by atoms with Gasteiger partial charge in [-0.25, -0.2) is 4.98 Å². The van der Waals surface area contributed by atoms with E-state index in [9.17, 15) is 9.59 Å². The van der Waals surface area contributed by atoms with Crippen molar-refractivity contribution in [3.8, 4) is 0 Å². The first kappa shape index (κ1) is 16.2. The molecule has 1 aliphatic heterocycles. The molecule has 1 aromatic carbocycles. The van der Waals surface area contributed by atoms with Crippen molar-refractivity contribution in [1.82, 2.24) is 14.8 Å². The third-order valence-electron chi connectivity index (χ3n) is 3.67. The van der Waals surface area contributed by atoms with E-state index in [1.165, 1.54) is 11.3 Å². The maximum Gasteiger partial charge on any atom is 0.273 e. The molecule has 1 aliphatic rings. The molecule has 0 spiro atoms. The number of nitrogens with zero attached hydrogens (tertiary/aromatic N) is 3. The molecular formula is C15H13Cl2N3O2S. The van der Waals surface area contributed by atoms with Crippen molar-refractivity contribution >= 4 is 46.4 Å². The summed E-state index contributed by atoms with van der Waals surface area (Å²) in [6, 6.07) is 4.82. The van der Waals surface area contributed by atoms with Crippen molar-refractivity contribution in [2.45, 2.75) is 0 Å². The highest BCUT2D eigenvalue weighted by atomic mass is 35.5. The zero-order valence-electron chi connectivity index (χ0n) is 12.0. The summed E-state index contributed by atoms with van der Waals surface area (Å²) in [6.45, 7) is 1.89. The van der Waals surface area contributed by atoms with Gasteiger partial charge in [0.15, 0.2) is 0 Å². The highest BCUT2D eigenvalue weighted by Crippen LogP contribution is 2.23. The molecule has 1 aromatic heterocycles. The average molecular weight is 370 g/mol.